The Hall–Kier alpha value is -2.40. The summed E-state index contributed by atoms with van der Waals surface area (Å²) in [4.78, 5) is 21.1. The molecule has 1 aromatic carbocycles. The Bertz CT molecular complexity index is 697. The fourth-order valence-electron chi connectivity index (χ4n) is 3.15. The van der Waals surface area contributed by atoms with Gasteiger partial charge in [0.2, 0.25) is 5.91 Å². The fourth-order valence-corrected chi connectivity index (χ4v) is 3.15. The van der Waals surface area contributed by atoms with Crippen molar-refractivity contribution < 1.29 is 9.53 Å². The number of benzene rings is 1. The summed E-state index contributed by atoms with van der Waals surface area (Å²) in [6.45, 7) is 6.88. The largest absolute Gasteiger partial charge is 0.494 e. The molecule has 138 valence electrons. The molecule has 2 aromatic rings. The Labute approximate surface area is 155 Å². The van der Waals surface area contributed by atoms with E-state index in [0.717, 1.165) is 50.6 Å². The topological polar surface area (TPSA) is 45.7 Å². The third-order valence-corrected chi connectivity index (χ3v) is 4.63. The van der Waals surface area contributed by atoms with Crippen LogP contribution in [0.3, 0.4) is 0 Å². The van der Waals surface area contributed by atoms with Gasteiger partial charge < -0.3 is 9.64 Å². The van der Waals surface area contributed by atoms with Gasteiger partial charge in [-0.3, -0.25) is 14.7 Å². The maximum absolute atomic E-state index is 12.4. The average molecular weight is 353 g/mol. The molecule has 0 N–H and O–H groups in total. The summed E-state index contributed by atoms with van der Waals surface area (Å²) in [6, 6.07) is 14.0. The van der Waals surface area contributed by atoms with E-state index in [1.54, 1.807) is 0 Å². The minimum absolute atomic E-state index is 0.232. The molecule has 1 aromatic heterocycles. The van der Waals surface area contributed by atoms with Crippen LogP contribution >= 0.6 is 0 Å². The van der Waals surface area contributed by atoms with Crippen LogP contribution in [0.25, 0.3) is 0 Å². The summed E-state index contributed by atoms with van der Waals surface area (Å²) in [5, 5.41) is 0. The molecule has 0 spiro atoms. The first-order chi connectivity index (χ1) is 12.7. The number of carbonyl (C=O) groups excluding carboxylic acids is 1. The van der Waals surface area contributed by atoms with Gasteiger partial charge in [-0.15, -0.1) is 0 Å². The Kier molecular flexibility index (Phi) is 6.61. The highest BCUT2D eigenvalue weighted by Crippen LogP contribution is 2.13. The number of piperazine rings is 1. The van der Waals surface area contributed by atoms with Crippen LogP contribution in [0.5, 0.6) is 5.75 Å². The first-order valence-electron chi connectivity index (χ1n) is 9.30. The molecular formula is C21H27N3O2. The van der Waals surface area contributed by atoms with Gasteiger partial charge in [0.1, 0.15) is 5.75 Å². The highest BCUT2D eigenvalue weighted by atomic mass is 16.5. The number of aryl methyl sites for hydroxylation is 1. The molecule has 0 radical (unpaired) electrons. The number of pyridine rings is 1. The van der Waals surface area contributed by atoms with E-state index in [9.17, 15) is 4.79 Å². The molecule has 3 rings (SSSR count). The summed E-state index contributed by atoms with van der Waals surface area (Å²) in [5.74, 6) is 1.11. The van der Waals surface area contributed by atoms with Crippen LogP contribution in [-0.4, -0.2) is 53.5 Å². The van der Waals surface area contributed by atoms with E-state index >= 15 is 0 Å². The lowest BCUT2D eigenvalue weighted by atomic mass is 10.2. The van der Waals surface area contributed by atoms with Gasteiger partial charge in [0.05, 0.1) is 12.3 Å². The van der Waals surface area contributed by atoms with Gasteiger partial charge >= 0.3 is 0 Å². The van der Waals surface area contributed by atoms with Crippen LogP contribution in [0.15, 0.2) is 48.7 Å². The molecule has 5 heteroatoms. The molecule has 5 nitrogen and oxygen atoms in total. The minimum Gasteiger partial charge on any atom is -0.494 e. The zero-order valence-corrected chi connectivity index (χ0v) is 15.4. The van der Waals surface area contributed by atoms with Crippen molar-refractivity contribution in [2.45, 2.75) is 26.3 Å². The number of amides is 1. The molecule has 1 saturated heterocycles. The van der Waals surface area contributed by atoms with Crippen molar-refractivity contribution in [3.63, 3.8) is 0 Å². The Morgan fingerprint density at radius 1 is 1.12 bits per heavy atom. The third-order valence-electron chi connectivity index (χ3n) is 4.63. The normalized spacial score (nSPS) is 15.0. The smallest absolute Gasteiger partial charge is 0.222 e. The predicted molar refractivity (Wildman–Crippen MR) is 102 cm³/mol. The molecule has 26 heavy (non-hydrogen) atoms. The molecule has 0 saturated carbocycles. The number of carbonyl (C=O) groups is 1. The molecule has 2 heterocycles. The number of nitrogens with zero attached hydrogens (tertiary/aromatic N) is 3. The lowest BCUT2D eigenvalue weighted by molar-refractivity contribution is -0.133. The fraction of sp³-hybridized carbons (Fsp3) is 0.429. The molecule has 1 amide bonds. The van der Waals surface area contributed by atoms with Crippen molar-refractivity contribution in [2.75, 3.05) is 32.8 Å². The first-order valence-corrected chi connectivity index (χ1v) is 9.30. The quantitative estimate of drug-likeness (QED) is 0.718. The zero-order chi connectivity index (χ0) is 18.2. The van der Waals surface area contributed by atoms with Gasteiger partial charge in [0.25, 0.3) is 0 Å². The second-order valence-corrected chi connectivity index (χ2v) is 6.75. The summed E-state index contributed by atoms with van der Waals surface area (Å²) >= 11 is 0. The van der Waals surface area contributed by atoms with Crippen molar-refractivity contribution in [1.82, 2.24) is 14.8 Å². The van der Waals surface area contributed by atoms with E-state index in [-0.39, 0.29) is 5.91 Å². The maximum atomic E-state index is 12.4. The number of aromatic nitrogens is 1. The van der Waals surface area contributed by atoms with Gasteiger partial charge in [-0.25, -0.2) is 0 Å². The highest BCUT2D eigenvalue weighted by Gasteiger charge is 2.20. The van der Waals surface area contributed by atoms with E-state index < -0.39 is 0 Å². The minimum atomic E-state index is 0.232. The Morgan fingerprint density at radius 2 is 1.96 bits per heavy atom. The maximum Gasteiger partial charge on any atom is 0.222 e. The van der Waals surface area contributed by atoms with Crippen molar-refractivity contribution in [1.29, 1.82) is 0 Å². The average Bonchev–Trinajstić information content (AvgIpc) is 2.66. The second kappa shape index (κ2) is 9.34. The monoisotopic (exact) mass is 353 g/mol. The molecule has 0 aliphatic carbocycles. The Morgan fingerprint density at radius 3 is 2.69 bits per heavy atom. The van der Waals surface area contributed by atoms with E-state index in [1.165, 1.54) is 5.56 Å². The molecule has 0 atom stereocenters. The van der Waals surface area contributed by atoms with Crippen molar-refractivity contribution in [3.05, 3.63) is 59.9 Å². The molecule has 0 bridgehead atoms. The van der Waals surface area contributed by atoms with Gasteiger partial charge in [-0.1, -0.05) is 18.2 Å². The van der Waals surface area contributed by atoms with E-state index in [2.05, 4.69) is 9.88 Å². The second-order valence-electron chi connectivity index (χ2n) is 6.75. The third kappa shape index (κ3) is 5.56. The number of hydrogen-bond acceptors (Lipinski definition) is 4. The van der Waals surface area contributed by atoms with E-state index in [4.69, 9.17) is 4.74 Å². The molecule has 0 unspecified atom stereocenters. The Balaban J connectivity index is 1.33. The van der Waals surface area contributed by atoms with Gasteiger partial charge in [0, 0.05) is 45.3 Å². The molecule has 1 aliphatic heterocycles. The molecule has 1 aliphatic rings. The van der Waals surface area contributed by atoms with E-state index in [0.29, 0.717) is 13.0 Å². The van der Waals surface area contributed by atoms with Crippen LogP contribution in [-0.2, 0) is 11.3 Å². The van der Waals surface area contributed by atoms with Gasteiger partial charge in [-0.2, -0.15) is 0 Å². The standard InChI is InChI=1S/C21H27N3O2/c1-18-6-4-8-20(16-18)26-15-5-9-21(25)24-13-11-23(12-14-24)17-19-7-2-3-10-22-19/h2-4,6-8,10,16H,5,9,11-15,17H2,1H3. The van der Waals surface area contributed by atoms with Crippen molar-refractivity contribution in [3.8, 4) is 5.75 Å². The van der Waals surface area contributed by atoms with Crippen LogP contribution in [0.2, 0.25) is 0 Å². The summed E-state index contributed by atoms with van der Waals surface area (Å²) in [6.07, 6.45) is 3.13. The lowest BCUT2D eigenvalue weighted by Gasteiger charge is -2.34. The zero-order valence-electron chi connectivity index (χ0n) is 15.4. The van der Waals surface area contributed by atoms with Crippen LogP contribution < -0.4 is 4.74 Å². The first kappa shape index (κ1) is 18.4. The van der Waals surface area contributed by atoms with Crippen LogP contribution in [0, 0.1) is 6.92 Å². The van der Waals surface area contributed by atoms with Gasteiger partial charge in [-0.05, 0) is 43.2 Å². The number of hydrogen-bond donors (Lipinski definition) is 0. The lowest BCUT2D eigenvalue weighted by Crippen LogP contribution is -2.48. The summed E-state index contributed by atoms with van der Waals surface area (Å²) in [7, 11) is 0. The SMILES string of the molecule is Cc1cccc(OCCCC(=O)N2CCN(Cc3ccccn3)CC2)c1. The number of rotatable bonds is 7. The van der Waals surface area contributed by atoms with Crippen LogP contribution in [0.1, 0.15) is 24.1 Å². The van der Waals surface area contributed by atoms with Crippen LogP contribution in [0.4, 0.5) is 0 Å². The van der Waals surface area contributed by atoms with Crippen molar-refractivity contribution in [2.24, 2.45) is 0 Å². The van der Waals surface area contributed by atoms with Gasteiger partial charge in [0.15, 0.2) is 0 Å². The summed E-state index contributed by atoms with van der Waals surface area (Å²) in [5.41, 5.74) is 2.27. The van der Waals surface area contributed by atoms with Crippen molar-refractivity contribution >= 4 is 5.91 Å². The summed E-state index contributed by atoms with van der Waals surface area (Å²) < 4.78 is 5.72. The molecule has 1 fully saturated rings. The highest BCUT2D eigenvalue weighted by molar-refractivity contribution is 5.76. The number of ether oxygens (including phenoxy) is 1. The predicted octanol–water partition coefficient (Wildman–Crippen LogP) is 2.89. The molecular weight excluding hydrogens is 326 g/mol. The van der Waals surface area contributed by atoms with E-state index in [1.807, 2.05) is 60.5 Å².